The van der Waals surface area contributed by atoms with E-state index in [4.69, 9.17) is 9.47 Å². The minimum absolute atomic E-state index is 0.449. The first-order valence-electron chi connectivity index (χ1n) is 8.29. The van der Waals surface area contributed by atoms with E-state index in [1.165, 1.54) is 37.7 Å². The van der Waals surface area contributed by atoms with Gasteiger partial charge in [-0.25, -0.2) is 0 Å². The van der Waals surface area contributed by atoms with Crippen LogP contribution >= 0.6 is 0 Å². The molecule has 0 bridgehead atoms. The summed E-state index contributed by atoms with van der Waals surface area (Å²) in [5, 5.41) is 3.14. The van der Waals surface area contributed by atoms with Crippen molar-refractivity contribution in [2.75, 3.05) is 20.3 Å². The van der Waals surface area contributed by atoms with Crippen LogP contribution in [0.15, 0.2) is 24.3 Å². The summed E-state index contributed by atoms with van der Waals surface area (Å²) in [7, 11) is 1.95. The molecule has 1 aliphatic rings. The number of nitrogens with one attached hydrogen (secondary N) is 1. The Kier molecular flexibility index (Phi) is 7.04. The molecule has 1 aromatic carbocycles. The maximum absolute atomic E-state index is 5.96. The lowest BCUT2D eigenvalue weighted by Gasteiger charge is -2.28. The van der Waals surface area contributed by atoms with E-state index < -0.39 is 0 Å². The van der Waals surface area contributed by atoms with Gasteiger partial charge in [0.1, 0.15) is 12.4 Å². The van der Waals surface area contributed by atoms with Gasteiger partial charge >= 0.3 is 0 Å². The molecule has 3 heteroatoms. The van der Waals surface area contributed by atoms with Crippen LogP contribution in [-0.2, 0) is 11.3 Å². The molecular weight excluding hydrogens is 262 g/mol. The van der Waals surface area contributed by atoms with Crippen LogP contribution in [0.2, 0.25) is 0 Å². The zero-order valence-corrected chi connectivity index (χ0v) is 13.4. The molecule has 1 fully saturated rings. The summed E-state index contributed by atoms with van der Waals surface area (Å²) in [4.78, 5) is 0. The third-order valence-corrected chi connectivity index (χ3v) is 4.32. The third kappa shape index (κ3) is 5.68. The predicted octanol–water partition coefficient (Wildman–Crippen LogP) is 3.77. The van der Waals surface area contributed by atoms with Crippen molar-refractivity contribution in [1.29, 1.82) is 0 Å². The van der Waals surface area contributed by atoms with Gasteiger partial charge in [-0.1, -0.05) is 38.3 Å². The molecule has 3 nitrogen and oxygen atoms in total. The van der Waals surface area contributed by atoms with Crippen LogP contribution in [0, 0.1) is 5.92 Å². The third-order valence-electron chi connectivity index (χ3n) is 4.32. The van der Waals surface area contributed by atoms with E-state index in [0.29, 0.717) is 19.3 Å². The Hall–Kier alpha value is -1.06. The number of hydrogen-bond donors (Lipinski definition) is 1. The molecule has 2 unspecified atom stereocenters. The highest BCUT2D eigenvalue weighted by Crippen LogP contribution is 2.28. The first-order chi connectivity index (χ1) is 10.3. The Balaban J connectivity index is 1.62. The molecule has 1 aliphatic carbocycles. The first kappa shape index (κ1) is 16.3. The molecule has 0 saturated heterocycles. The van der Waals surface area contributed by atoms with Crippen molar-refractivity contribution in [3.63, 3.8) is 0 Å². The van der Waals surface area contributed by atoms with E-state index >= 15 is 0 Å². The van der Waals surface area contributed by atoms with Crippen molar-refractivity contribution in [3.8, 4) is 5.75 Å². The van der Waals surface area contributed by atoms with Crippen molar-refractivity contribution in [2.24, 2.45) is 5.92 Å². The Morgan fingerprint density at radius 2 is 1.95 bits per heavy atom. The van der Waals surface area contributed by atoms with Gasteiger partial charge in [0.25, 0.3) is 0 Å². The molecule has 0 spiro atoms. The summed E-state index contributed by atoms with van der Waals surface area (Å²) >= 11 is 0. The topological polar surface area (TPSA) is 30.5 Å². The first-order valence-corrected chi connectivity index (χ1v) is 8.29. The second-order valence-corrected chi connectivity index (χ2v) is 5.96. The Morgan fingerprint density at radius 3 is 2.67 bits per heavy atom. The zero-order chi connectivity index (χ0) is 14.9. The number of rotatable bonds is 8. The Bertz CT molecular complexity index is 391. The minimum Gasteiger partial charge on any atom is -0.491 e. The highest BCUT2D eigenvalue weighted by Gasteiger charge is 2.20. The quantitative estimate of drug-likeness (QED) is 0.740. The summed E-state index contributed by atoms with van der Waals surface area (Å²) in [6.07, 6.45) is 6.88. The molecule has 21 heavy (non-hydrogen) atoms. The van der Waals surface area contributed by atoms with E-state index in [2.05, 4.69) is 24.4 Å². The van der Waals surface area contributed by atoms with Gasteiger partial charge in [0.2, 0.25) is 0 Å². The molecular formula is C18H29NO2. The zero-order valence-electron chi connectivity index (χ0n) is 13.4. The molecule has 1 saturated carbocycles. The van der Waals surface area contributed by atoms with Crippen LogP contribution in [0.4, 0.5) is 0 Å². The Morgan fingerprint density at radius 1 is 1.14 bits per heavy atom. The van der Waals surface area contributed by atoms with E-state index in [9.17, 15) is 0 Å². The van der Waals surface area contributed by atoms with E-state index in [1.807, 2.05) is 19.2 Å². The average Bonchev–Trinajstić information content (AvgIpc) is 2.53. The van der Waals surface area contributed by atoms with Gasteiger partial charge in [-0.15, -0.1) is 0 Å². The van der Waals surface area contributed by atoms with Crippen LogP contribution in [0.25, 0.3) is 0 Å². The van der Waals surface area contributed by atoms with Crippen molar-refractivity contribution >= 4 is 0 Å². The molecule has 0 aliphatic heterocycles. The summed E-state index contributed by atoms with van der Waals surface area (Å²) in [5.74, 6) is 1.79. The lowest BCUT2D eigenvalue weighted by molar-refractivity contribution is -0.000660. The normalized spacial score (nSPS) is 22.2. The number of ether oxygens (including phenoxy) is 2. The Labute approximate surface area is 129 Å². The standard InChI is InChI=1S/C18H29NO2/c1-3-15-5-4-6-18(13-15)21-12-11-20-17-9-7-16(8-10-17)14-19-2/h7-10,15,18-19H,3-6,11-14H2,1-2H3. The summed E-state index contributed by atoms with van der Waals surface area (Å²) in [6, 6.07) is 8.25. The fraction of sp³-hybridized carbons (Fsp3) is 0.667. The molecule has 0 heterocycles. The van der Waals surface area contributed by atoms with Gasteiger partial charge in [-0.05, 0) is 43.5 Å². The highest BCUT2D eigenvalue weighted by molar-refractivity contribution is 5.27. The van der Waals surface area contributed by atoms with Crippen LogP contribution in [0.3, 0.4) is 0 Å². The van der Waals surface area contributed by atoms with Gasteiger partial charge in [0.05, 0.1) is 12.7 Å². The monoisotopic (exact) mass is 291 g/mol. The van der Waals surface area contributed by atoms with Gasteiger partial charge in [0.15, 0.2) is 0 Å². The maximum atomic E-state index is 5.96. The summed E-state index contributed by atoms with van der Waals surface area (Å²) < 4.78 is 11.7. The summed E-state index contributed by atoms with van der Waals surface area (Å²) in [5.41, 5.74) is 1.27. The number of benzene rings is 1. The van der Waals surface area contributed by atoms with Crippen LogP contribution in [0.5, 0.6) is 5.75 Å². The van der Waals surface area contributed by atoms with Crippen molar-refractivity contribution in [3.05, 3.63) is 29.8 Å². The molecule has 118 valence electrons. The second-order valence-electron chi connectivity index (χ2n) is 5.96. The van der Waals surface area contributed by atoms with Crippen molar-refractivity contribution in [1.82, 2.24) is 5.32 Å². The van der Waals surface area contributed by atoms with Crippen LogP contribution in [0.1, 0.15) is 44.6 Å². The van der Waals surface area contributed by atoms with Gasteiger partial charge in [-0.3, -0.25) is 0 Å². The molecule has 0 aromatic heterocycles. The predicted molar refractivity (Wildman–Crippen MR) is 86.7 cm³/mol. The lowest BCUT2D eigenvalue weighted by atomic mass is 9.85. The number of hydrogen-bond acceptors (Lipinski definition) is 3. The second kappa shape index (κ2) is 9.06. The van der Waals surface area contributed by atoms with E-state index in [-0.39, 0.29) is 0 Å². The van der Waals surface area contributed by atoms with Crippen molar-refractivity contribution in [2.45, 2.75) is 51.7 Å². The fourth-order valence-electron chi connectivity index (χ4n) is 3.05. The van der Waals surface area contributed by atoms with Crippen LogP contribution < -0.4 is 10.1 Å². The van der Waals surface area contributed by atoms with Crippen molar-refractivity contribution < 1.29 is 9.47 Å². The molecule has 1 aromatic rings. The lowest BCUT2D eigenvalue weighted by Crippen LogP contribution is -2.24. The fourth-order valence-corrected chi connectivity index (χ4v) is 3.05. The highest BCUT2D eigenvalue weighted by atomic mass is 16.5. The van der Waals surface area contributed by atoms with Gasteiger partial charge in [-0.2, -0.15) is 0 Å². The van der Waals surface area contributed by atoms with Crippen LogP contribution in [-0.4, -0.2) is 26.4 Å². The van der Waals surface area contributed by atoms with E-state index in [0.717, 1.165) is 18.2 Å². The SMILES string of the molecule is CCC1CCCC(OCCOc2ccc(CNC)cc2)C1. The molecule has 2 atom stereocenters. The van der Waals surface area contributed by atoms with Gasteiger partial charge < -0.3 is 14.8 Å². The maximum Gasteiger partial charge on any atom is 0.119 e. The summed E-state index contributed by atoms with van der Waals surface area (Å²) in [6.45, 7) is 4.51. The molecule has 1 N–H and O–H groups in total. The molecule has 2 rings (SSSR count). The smallest absolute Gasteiger partial charge is 0.119 e. The molecule has 0 amide bonds. The largest absolute Gasteiger partial charge is 0.491 e. The van der Waals surface area contributed by atoms with E-state index in [1.54, 1.807) is 0 Å². The van der Waals surface area contributed by atoms with Gasteiger partial charge in [0, 0.05) is 6.54 Å². The minimum atomic E-state index is 0.449. The average molecular weight is 291 g/mol. The molecule has 0 radical (unpaired) electrons.